The Morgan fingerprint density at radius 1 is 1.32 bits per heavy atom. The Hall–Kier alpha value is -1.26. The monoisotopic (exact) mass is 322 g/mol. The number of nitrogens with one attached hydrogen (secondary N) is 1. The van der Waals surface area contributed by atoms with Gasteiger partial charge in [-0.3, -0.25) is 4.98 Å². The van der Waals surface area contributed by atoms with E-state index in [1.54, 1.807) is 12.3 Å². The van der Waals surface area contributed by atoms with Crippen molar-refractivity contribution in [2.45, 2.75) is 19.4 Å². The molecule has 0 aliphatic rings. The molecule has 0 amide bonds. The van der Waals surface area contributed by atoms with Gasteiger partial charge in [0.1, 0.15) is 5.82 Å². The van der Waals surface area contributed by atoms with Gasteiger partial charge in [-0.1, -0.05) is 6.07 Å². The molecule has 2 nitrogen and oxygen atoms in total. The first-order valence-electron chi connectivity index (χ1n) is 6.13. The van der Waals surface area contributed by atoms with Crippen molar-refractivity contribution in [2.75, 3.05) is 7.05 Å². The van der Waals surface area contributed by atoms with Gasteiger partial charge in [-0.15, -0.1) is 0 Å². The Morgan fingerprint density at radius 3 is 2.79 bits per heavy atom. The average molecular weight is 323 g/mol. The van der Waals surface area contributed by atoms with Crippen LogP contribution in [0.3, 0.4) is 0 Å². The molecule has 2 rings (SSSR count). The zero-order valence-electron chi connectivity index (χ0n) is 11.0. The van der Waals surface area contributed by atoms with Crippen LogP contribution in [0, 0.1) is 12.7 Å². The number of nitrogens with zero attached hydrogens (tertiary/aromatic N) is 1. The van der Waals surface area contributed by atoms with E-state index in [1.165, 1.54) is 6.07 Å². The normalized spacial score (nSPS) is 12.4. The summed E-state index contributed by atoms with van der Waals surface area (Å²) in [5.74, 6) is -0.201. The third-order valence-corrected chi connectivity index (χ3v) is 3.60. The standard InChI is InChI=1S/C15H16BrFN2/c1-10-3-4-13(17)7-14(10)15(18-2)6-11-5-12(16)9-19-8-11/h3-5,7-9,15,18H,6H2,1-2H3. The molecule has 19 heavy (non-hydrogen) atoms. The van der Waals surface area contributed by atoms with Crippen molar-refractivity contribution in [1.29, 1.82) is 0 Å². The lowest BCUT2D eigenvalue weighted by atomic mass is 9.96. The lowest BCUT2D eigenvalue weighted by Gasteiger charge is -2.19. The number of halogens is 2. The molecule has 1 N–H and O–H groups in total. The van der Waals surface area contributed by atoms with Crippen molar-refractivity contribution in [3.63, 3.8) is 0 Å². The van der Waals surface area contributed by atoms with E-state index in [9.17, 15) is 4.39 Å². The van der Waals surface area contributed by atoms with Crippen LogP contribution in [0.1, 0.15) is 22.7 Å². The van der Waals surface area contributed by atoms with E-state index in [1.807, 2.05) is 32.3 Å². The van der Waals surface area contributed by atoms with Crippen LogP contribution in [0.15, 0.2) is 41.1 Å². The smallest absolute Gasteiger partial charge is 0.123 e. The molecule has 0 bridgehead atoms. The first-order chi connectivity index (χ1) is 9.10. The molecule has 4 heteroatoms. The largest absolute Gasteiger partial charge is 0.313 e. The molecule has 0 aliphatic heterocycles. The maximum absolute atomic E-state index is 13.4. The summed E-state index contributed by atoms with van der Waals surface area (Å²) < 4.78 is 14.4. The lowest BCUT2D eigenvalue weighted by molar-refractivity contribution is 0.573. The highest BCUT2D eigenvalue weighted by Crippen LogP contribution is 2.23. The van der Waals surface area contributed by atoms with Gasteiger partial charge < -0.3 is 5.32 Å². The Morgan fingerprint density at radius 2 is 2.11 bits per heavy atom. The third kappa shape index (κ3) is 3.61. The van der Waals surface area contributed by atoms with Gasteiger partial charge >= 0.3 is 0 Å². The van der Waals surface area contributed by atoms with Crippen LogP contribution in [0.4, 0.5) is 4.39 Å². The maximum atomic E-state index is 13.4. The van der Waals surface area contributed by atoms with Crippen molar-refractivity contribution in [3.05, 3.63) is 63.6 Å². The van der Waals surface area contributed by atoms with Crippen molar-refractivity contribution in [2.24, 2.45) is 0 Å². The second-order valence-corrected chi connectivity index (χ2v) is 5.47. The Bertz CT molecular complexity index is 572. The van der Waals surface area contributed by atoms with Crippen LogP contribution in [0.2, 0.25) is 0 Å². The molecule has 0 saturated carbocycles. The average Bonchev–Trinajstić information content (AvgIpc) is 2.39. The zero-order valence-corrected chi connectivity index (χ0v) is 12.5. The highest BCUT2D eigenvalue weighted by molar-refractivity contribution is 9.10. The number of pyridine rings is 1. The molecule has 0 saturated heterocycles. The van der Waals surface area contributed by atoms with Crippen LogP contribution in [0.5, 0.6) is 0 Å². The predicted molar refractivity (Wildman–Crippen MR) is 78.6 cm³/mol. The van der Waals surface area contributed by atoms with Gasteiger partial charge in [-0.05, 0) is 71.2 Å². The summed E-state index contributed by atoms with van der Waals surface area (Å²) in [5.41, 5.74) is 3.18. The van der Waals surface area contributed by atoms with Gasteiger partial charge in [0.25, 0.3) is 0 Å². The van der Waals surface area contributed by atoms with E-state index in [0.717, 1.165) is 27.6 Å². The summed E-state index contributed by atoms with van der Waals surface area (Å²) in [6.45, 7) is 2.00. The second kappa shape index (κ2) is 6.26. The molecular formula is C15H16BrFN2. The van der Waals surface area contributed by atoms with Crippen molar-refractivity contribution < 1.29 is 4.39 Å². The Labute approximate surface area is 121 Å². The molecule has 0 radical (unpaired) electrons. The minimum absolute atomic E-state index is 0.0757. The summed E-state index contributed by atoms with van der Waals surface area (Å²) >= 11 is 3.41. The van der Waals surface area contributed by atoms with Crippen LogP contribution in [-0.4, -0.2) is 12.0 Å². The highest BCUT2D eigenvalue weighted by Gasteiger charge is 2.13. The summed E-state index contributed by atoms with van der Waals surface area (Å²) in [6, 6.07) is 7.01. The Balaban J connectivity index is 2.27. The van der Waals surface area contributed by atoms with Crippen molar-refractivity contribution in [3.8, 4) is 0 Å². The summed E-state index contributed by atoms with van der Waals surface area (Å²) in [6.07, 6.45) is 4.36. The molecule has 1 aromatic carbocycles. The van der Waals surface area contributed by atoms with E-state index in [0.29, 0.717) is 0 Å². The fourth-order valence-corrected chi connectivity index (χ4v) is 2.57. The lowest BCUT2D eigenvalue weighted by Crippen LogP contribution is -2.20. The van der Waals surface area contributed by atoms with Crippen LogP contribution in [-0.2, 0) is 6.42 Å². The van der Waals surface area contributed by atoms with Gasteiger partial charge in [-0.25, -0.2) is 4.39 Å². The van der Waals surface area contributed by atoms with Crippen molar-refractivity contribution in [1.82, 2.24) is 10.3 Å². The number of benzene rings is 1. The molecule has 100 valence electrons. The van der Waals surface area contributed by atoms with Gasteiger partial charge in [0.05, 0.1) is 0 Å². The number of hydrogen-bond donors (Lipinski definition) is 1. The van der Waals surface area contributed by atoms with E-state index in [4.69, 9.17) is 0 Å². The Kier molecular flexibility index (Phi) is 4.66. The molecular weight excluding hydrogens is 307 g/mol. The summed E-state index contributed by atoms with van der Waals surface area (Å²) in [7, 11) is 1.89. The number of aryl methyl sites for hydroxylation is 1. The number of hydrogen-bond acceptors (Lipinski definition) is 2. The van der Waals surface area contributed by atoms with Crippen LogP contribution < -0.4 is 5.32 Å². The van der Waals surface area contributed by atoms with Gasteiger partial charge in [0.2, 0.25) is 0 Å². The molecule has 1 aromatic heterocycles. The molecule has 0 fully saturated rings. The first-order valence-corrected chi connectivity index (χ1v) is 6.92. The SMILES string of the molecule is CNC(Cc1cncc(Br)c1)c1cc(F)ccc1C. The summed E-state index contributed by atoms with van der Waals surface area (Å²) in [5, 5.41) is 3.24. The number of likely N-dealkylation sites (N-methyl/N-ethyl adjacent to an activating group) is 1. The van der Waals surface area contributed by atoms with Gasteiger partial charge in [0, 0.05) is 22.9 Å². The van der Waals surface area contributed by atoms with Gasteiger partial charge in [0.15, 0.2) is 0 Å². The third-order valence-electron chi connectivity index (χ3n) is 3.17. The minimum atomic E-state index is -0.201. The van der Waals surface area contributed by atoms with Gasteiger partial charge in [-0.2, -0.15) is 0 Å². The topological polar surface area (TPSA) is 24.9 Å². The first kappa shape index (κ1) is 14.2. The zero-order chi connectivity index (χ0) is 13.8. The number of aromatic nitrogens is 1. The predicted octanol–water partition coefficient (Wildman–Crippen LogP) is 3.79. The van der Waals surface area contributed by atoms with E-state index in [-0.39, 0.29) is 11.9 Å². The van der Waals surface area contributed by atoms with Crippen LogP contribution >= 0.6 is 15.9 Å². The van der Waals surface area contributed by atoms with E-state index < -0.39 is 0 Å². The fourth-order valence-electron chi connectivity index (χ4n) is 2.16. The van der Waals surface area contributed by atoms with Crippen LogP contribution in [0.25, 0.3) is 0 Å². The molecule has 1 unspecified atom stereocenters. The quantitative estimate of drug-likeness (QED) is 0.926. The molecule has 0 spiro atoms. The highest BCUT2D eigenvalue weighted by atomic mass is 79.9. The van der Waals surface area contributed by atoms with E-state index in [2.05, 4.69) is 26.2 Å². The van der Waals surface area contributed by atoms with E-state index >= 15 is 0 Å². The maximum Gasteiger partial charge on any atom is 0.123 e. The second-order valence-electron chi connectivity index (χ2n) is 4.56. The number of rotatable bonds is 4. The van der Waals surface area contributed by atoms with Crippen molar-refractivity contribution >= 4 is 15.9 Å². The molecule has 0 aliphatic carbocycles. The molecule has 2 aromatic rings. The summed E-state index contributed by atoms with van der Waals surface area (Å²) in [4.78, 5) is 4.16. The molecule has 1 heterocycles. The minimum Gasteiger partial charge on any atom is -0.313 e. The molecule has 1 atom stereocenters. The fraction of sp³-hybridized carbons (Fsp3) is 0.267.